The van der Waals surface area contributed by atoms with Crippen LogP contribution in [-0.4, -0.2) is 9.55 Å². The Labute approximate surface area is 97.0 Å². The highest BCUT2D eigenvalue weighted by Gasteiger charge is 2.25. The minimum Gasteiger partial charge on any atom is -0.323 e. The average Bonchev–Trinajstić information content (AvgIpc) is 2.91. The number of rotatable bonds is 1. The van der Waals surface area contributed by atoms with Crippen LogP contribution in [0.5, 0.6) is 0 Å². The second kappa shape index (κ2) is 4.52. The number of nitrogens with zero attached hydrogens (tertiary/aromatic N) is 2. The Bertz CT molecular complexity index is 471. The van der Waals surface area contributed by atoms with Crippen LogP contribution in [-0.2, 0) is 0 Å². The molecule has 1 aromatic carbocycles. The van der Waals surface area contributed by atoms with Crippen LogP contribution in [0.4, 0.5) is 0 Å². The van der Waals surface area contributed by atoms with Crippen LogP contribution >= 0.6 is 0 Å². The Hall–Kier alpha value is -1.57. The number of hydrogen-bond acceptors (Lipinski definition) is 1. The van der Waals surface area contributed by atoms with E-state index >= 15 is 0 Å². The first-order chi connectivity index (χ1) is 7.92. The first-order valence-electron chi connectivity index (χ1n) is 6.03. The lowest BCUT2D eigenvalue weighted by Gasteiger charge is -2.10. The van der Waals surface area contributed by atoms with Crippen molar-refractivity contribution in [3.63, 3.8) is 0 Å². The van der Waals surface area contributed by atoms with E-state index in [0.29, 0.717) is 6.04 Å². The van der Waals surface area contributed by atoms with Crippen LogP contribution in [0.25, 0.3) is 11.3 Å². The first-order valence-corrected chi connectivity index (χ1v) is 6.03. The summed E-state index contributed by atoms with van der Waals surface area (Å²) in [6, 6.07) is 9.09. The van der Waals surface area contributed by atoms with Crippen LogP contribution < -0.4 is 0 Å². The summed E-state index contributed by atoms with van der Waals surface area (Å²) >= 11 is 0. The molecule has 0 radical (unpaired) electrons. The zero-order valence-electron chi connectivity index (χ0n) is 10.1. The molecule has 16 heavy (non-hydrogen) atoms. The quantitative estimate of drug-likeness (QED) is 0.704. The van der Waals surface area contributed by atoms with E-state index < -0.39 is 0 Å². The van der Waals surface area contributed by atoms with Crippen molar-refractivity contribution in [1.82, 2.24) is 9.55 Å². The molecule has 0 bridgehead atoms. The Balaban J connectivity index is 0.000000457. The molecule has 2 aromatic rings. The molecule has 2 nitrogen and oxygen atoms in total. The standard InChI is InChI=1S/C12H12N2.C2H6/c1-2-11-9-5-3-4-6-10(9)12-7-13-8-14(11)12;1-2/h3-8,11H,2H2,1H3;1-2H3. The molecule has 2 heteroatoms. The molecule has 2 heterocycles. The number of fused-ring (bicyclic) bond motifs is 3. The number of aromatic nitrogens is 2. The third-order valence-electron chi connectivity index (χ3n) is 2.98. The summed E-state index contributed by atoms with van der Waals surface area (Å²) in [5.74, 6) is 0. The summed E-state index contributed by atoms with van der Waals surface area (Å²) in [7, 11) is 0. The van der Waals surface area contributed by atoms with Gasteiger partial charge in [-0.15, -0.1) is 0 Å². The topological polar surface area (TPSA) is 17.8 Å². The molecule has 0 spiro atoms. The third-order valence-corrected chi connectivity index (χ3v) is 2.98. The van der Waals surface area contributed by atoms with Gasteiger partial charge in [-0.2, -0.15) is 0 Å². The maximum atomic E-state index is 4.20. The predicted molar refractivity (Wildman–Crippen MR) is 67.4 cm³/mol. The fraction of sp³-hybridized carbons (Fsp3) is 0.357. The lowest BCUT2D eigenvalue weighted by Crippen LogP contribution is -2.02. The first kappa shape index (κ1) is 10.9. The monoisotopic (exact) mass is 214 g/mol. The second-order valence-electron chi connectivity index (χ2n) is 3.70. The van der Waals surface area contributed by atoms with Crippen LogP contribution in [0.1, 0.15) is 38.8 Å². The second-order valence-corrected chi connectivity index (χ2v) is 3.70. The zero-order valence-corrected chi connectivity index (χ0v) is 10.1. The van der Waals surface area contributed by atoms with Gasteiger partial charge in [-0.1, -0.05) is 45.0 Å². The van der Waals surface area contributed by atoms with Gasteiger partial charge in [0.1, 0.15) is 0 Å². The van der Waals surface area contributed by atoms with E-state index in [4.69, 9.17) is 0 Å². The maximum absolute atomic E-state index is 4.20. The van der Waals surface area contributed by atoms with Crippen LogP contribution in [0.15, 0.2) is 36.8 Å². The van der Waals surface area contributed by atoms with E-state index in [1.54, 1.807) is 0 Å². The molecular weight excluding hydrogens is 196 g/mol. The van der Waals surface area contributed by atoms with Gasteiger partial charge >= 0.3 is 0 Å². The van der Waals surface area contributed by atoms with E-state index in [9.17, 15) is 0 Å². The van der Waals surface area contributed by atoms with Gasteiger partial charge in [-0.05, 0) is 12.0 Å². The molecule has 0 N–H and O–H groups in total. The summed E-state index contributed by atoms with van der Waals surface area (Å²) < 4.78 is 2.27. The summed E-state index contributed by atoms with van der Waals surface area (Å²) in [6.07, 6.45) is 5.01. The maximum Gasteiger partial charge on any atom is 0.0956 e. The fourth-order valence-electron chi connectivity index (χ4n) is 2.35. The minimum atomic E-state index is 0.490. The SMILES string of the molecule is CC.CCC1c2ccccc2-c2cncn21. The van der Waals surface area contributed by atoms with Crippen molar-refractivity contribution in [1.29, 1.82) is 0 Å². The molecule has 0 fully saturated rings. The molecule has 1 aliphatic rings. The molecule has 3 rings (SSSR count). The third kappa shape index (κ3) is 1.45. The van der Waals surface area contributed by atoms with Crippen molar-refractivity contribution < 1.29 is 0 Å². The molecule has 1 atom stereocenters. The lowest BCUT2D eigenvalue weighted by molar-refractivity contribution is 0.592. The van der Waals surface area contributed by atoms with E-state index in [2.05, 4.69) is 40.7 Å². The van der Waals surface area contributed by atoms with Crippen LogP contribution in [0.3, 0.4) is 0 Å². The molecule has 84 valence electrons. The summed E-state index contributed by atoms with van der Waals surface area (Å²) in [4.78, 5) is 4.20. The molecule has 0 aliphatic carbocycles. The Morgan fingerprint density at radius 1 is 1.25 bits per heavy atom. The molecule has 1 aliphatic heterocycles. The summed E-state index contributed by atoms with van der Waals surface area (Å²) in [6.45, 7) is 6.22. The van der Waals surface area contributed by atoms with E-state index in [1.165, 1.54) is 16.8 Å². The summed E-state index contributed by atoms with van der Waals surface area (Å²) in [5.41, 5.74) is 4.04. The summed E-state index contributed by atoms with van der Waals surface area (Å²) in [5, 5.41) is 0. The van der Waals surface area contributed by atoms with Crippen molar-refractivity contribution in [2.45, 2.75) is 33.2 Å². The molecule has 1 aromatic heterocycles. The van der Waals surface area contributed by atoms with Crippen LogP contribution in [0.2, 0.25) is 0 Å². The van der Waals surface area contributed by atoms with Gasteiger partial charge in [0.15, 0.2) is 0 Å². The van der Waals surface area contributed by atoms with Gasteiger partial charge in [0.25, 0.3) is 0 Å². The molecule has 0 saturated carbocycles. The van der Waals surface area contributed by atoms with Crippen molar-refractivity contribution >= 4 is 0 Å². The van der Waals surface area contributed by atoms with Crippen molar-refractivity contribution in [3.8, 4) is 11.3 Å². The fourth-order valence-corrected chi connectivity index (χ4v) is 2.35. The largest absolute Gasteiger partial charge is 0.323 e. The van der Waals surface area contributed by atoms with Gasteiger partial charge in [0, 0.05) is 5.56 Å². The van der Waals surface area contributed by atoms with Gasteiger partial charge < -0.3 is 4.57 Å². The highest BCUT2D eigenvalue weighted by atomic mass is 15.1. The number of imidazole rings is 1. The highest BCUT2D eigenvalue weighted by molar-refractivity contribution is 5.68. The van der Waals surface area contributed by atoms with E-state index in [-0.39, 0.29) is 0 Å². The minimum absolute atomic E-state index is 0.490. The van der Waals surface area contributed by atoms with Gasteiger partial charge in [-0.3, -0.25) is 0 Å². The Morgan fingerprint density at radius 2 is 2.00 bits per heavy atom. The van der Waals surface area contributed by atoms with E-state index in [1.807, 2.05) is 26.4 Å². The molecule has 1 unspecified atom stereocenters. The van der Waals surface area contributed by atoms with E-state index in [0.717, 1.165) is 6.42 Å². The van der Waals surface area contributed by atoms with Crippen molar-refractivity contribution in [2.24, 2.45) is 0 Å². The normalized spacial score (nSPS) is 16.1. The van der Waals surface area contributed by atoms with Crippen LogP contribution in [0, 0.1) is 0 Å². The Kier molecular flexibility index (Phi) is 3.09. The van der Waals surface area contributed by atoms with Gasteiger partial charge in [0.2, 0.25) is 0 Å². The lowest BCUT2D eigenvalue weighted by atomic mass is 10.0. The van der Waals surface area contributed by atoms with Gasteiger partial charge in [0.05, 0.1) is 24.3 Å². The Morgan fingerprint density at radius 3 is 2.75 bits per heavy atom. The van der Waals surface area contributed by atoms with Gasteiger partial charge in [-0.25, -0.2) is 4.98 Å². The molecular formula is C14H18N2. The smallest absolute Gasteiger partial charge is 0.0956 e. The number of benzene rings is 1. The van der Waals surface area contributed by atoms with Crippen molar-refractivity contribution in [3.05, 3.63) is 42.4 Å². The zero-order chi connectivity index (χ0) is 11.5. The molecule has 0 amide bonds. The highest BCUT2D eigenvalue weighted by Crippen LogP contribution is 2.40. The predicted octanol–water partition coefficient (Wildman–Crippen LogP) is 3.89. The van der Waals surface area contributed by atoms with Crippen molar-refractivity contribution in [2.75, 3.05) is 0 Å². The molecule has 0 saturated heterocycles. The average molecular weight is 214 g/mol. The number of hydrogen-bond donors (Lipinski definition) is 0.